The predicted octanol–water partition coefficient (Wildman–Crippen LogP) is -0.119. The normalized spacial score (nSPS) is 34.0. The Balaban J connectivity index is 2.12. The molecule has 1 saturated heterocycles. The third-order valence-electron chi connectivity index (χ3n) is 3.39. The number of aliphatic hydroxyl groups is 3. The summed E-state index contributed by atoms with van der Waals surface area (Å²) in [6.07, 6.45) is -4.88. The van der Waals surface area contributed by atoms with E-state index in [0.717, 1.165) is 0 Å². The lowest BCUT2D eigenvalue weighted by molar-refractivity contribution is -0.276. The first kappa shape index (κ1) is 15.0. The van der Waals surface area contributed by atoms with Gasteiger partial charge in [0.25, 0.3) is 0 Å². The van der Waals surface area contributed by atoms with Crippen LogP contribution < -0.4 is 0 Å². The fraction of sp³-hybridized carbons (Fsp3) is 0.615. The van der Waals surface area contributed by atoms with Crippen LogP contribution in [-0.2, 0) is 9.47 Å². The van der Waals surface area contributed by atoms with Gasteiger partial charge in [-0.2, -0.15) is 0 Å². The summed E-state index contributed by atoms with van der Waals surface area (Å²) in [7, 11) is 0. The van der Waals surface area contributed by atoms with Gasteiger partial charge in [-0.3, -0.25) is 0 Å². The van der Waals surface area contributed by atoms with Gasteiger partial charge in [0.2, 0.25) is 6.29 Å². The summed E-state index contributed by atoms with van der Waals surface area (Å²) in [6, 6.07) is 0. The van der Waals surface area contributed by atoms with Crippen LogP contribution in [-0.4, -0.2) is 52.0 Å². The molecule has 1 aliphatic heterocycles. The van der Waals surface area contributed by atoms with Crippen LogP contribution in [0, 0.1) is 13.8 Å². The summed E-state index contributed by atoms with van der Waals surface area (Å²) >= 11 is 0. The smallest absolute Gasteiger partial charge is 0.344 e. The molecule has 0 saturated carbocycles. The highest BCUT2D eigenvalue weighted by Crippen LogP contribution is 2.24. The van der Waals surface area contributed by atoms with Crippen LogP contribution in [0.3, 0.4) is 0 Å². The van der Waals surface area contributed by atoms with Crippen molar-refractivity contribution in [2.24, 2.45) is 0 Å². The molecule has 0 spiro atoms. The Morgan fingerprint density at radius 3 is 2.40 bits per heavy atom. The van der Waals surface area contributed by atoms with Crippen LogP contribution in [0.4, 0.5) is 0 Å². The van der Waals surface area contributed by atoms with Gasteiger partial charge in [-0.25, -0.2) is 4.79 Å². The second-order valence-electron chi connectivity index (χ2n) is 4.94. The van der Waals surface area contributed by atoms with E-state index in [9.17, 15) is 20.1 Å². The van der Waals surface area contributed by atoms with Crippen LogP contribution in [0.15, 0.2) is 10.7 Å². The molecular weight excluding hydrogens is 268 g/mol. The maximum Gasteiger partial charge on any atom is 0.344 e. The van der Waals surface area contributed by atoms with Gasteiger partial charge >= 0.3 is 5.97 Å². The van der Waals surface area contributed by atoms with Gasteiger partial charge in [-0.1, -0.05) is 0 Å². The van der Waals surface area contributed by atoms with E-state index in [1.54, 1.807) is 13.8 Å². The second kappa shape index (κ2) is 5.53. The molecule has 0 radical (unpaired) electrons. The standard InChI is InChI=1S/C13H18O7/c1-5-4-18-6(2)8(5)12(17)20-13-11(16)10(15)9(14)7(3)19-13/h4,7,9-11,13-16H,1-3H3. The van der Waals surface area contributed by atoms with Crippen LogP contribution in [0.5, 0.6) is 0 Å². The SMILES string of the molecule is Cc1coc(C)c1C(=O)OC1OC(C)C(O)C(O)C1O. The molecule has 5 unspecified atom stereocenters. The molecule has 1 fully saturated rings. The maximum absolute atomic E-state index is 12.0. The van der Waals surface area contributed by atoms with Crippen LogP contribution in [0.2, 0.25) is 0 Å². The molecule has 0 bridgehead atoms. The van der Waals surface area contributed by atoms with Gasteiger partial charge in [-0.15, -0.1) is 0 Å². The number of rotatable bonds is 2. The molecule has 7 heteroatoms. The number of aryl methyl sites for hydroxylation is 2. The molecule has 1 aromatic rings. The van der Waals surface area contributed by atoms with E-state index >= 15 is 0 Å². The molecule has 1 aliphatic rings. The minimum atomic E-state index is -1.52. The minimum absolute atomic E-state index is 0.258. The van der Waals surface area contributed by atoms with Crippen molar-refractivity contribution in [2.75, 3.05) is 0 Å². The Morgan fingerprint density at radius 1 is 1.20 bits per heavy atom. The van der Waals surface area contributed by atoms with Crippen LogP contribution >= 0.6 is 0 Å². The Morgan fingerprint density at radius 2 is 1.85 bits per heavy atom. The van der Waals surface area contributed by atoms with E-state index in [4.69, 9.17) is 13.9 Å². The molecule has 20 heavy (non-hydrogen) atoms. The lowest BCUT2D eigenvalue weighted by atomic mass is 10.00. The van der Waals surface area contributed by atoms with Gasteiger partial charge in [-0.05, 0) is 20.8 Å². The number of carbonyl (C=O) groups is 1. The molecule has 7 nitrogen and oxygen atoms in total. The lowest BCUT2D eigenvalue weighted by Crippen LogP contribution is -2.57. The van der Waals surface area contributed by atoms with Crippen molar-refractivity contribution >= 4 is 5.97 Å². The van der Waals surface area contributed by atoms with E-state index < -0.39 is 36.7 Å². The number of esters is 1. The average Bonchev–Trinajstić information content (AvgIpc) is 2.73. The zero-order valence-corrected chi connectivity index (χ0v) is 11.4. The number of carbonyl (C=O) groups excluding carboxylic acids is 1. The van der Waals surface area contributed by atoms with Crippen molar-refractivity contribution in [2.45, 2.75) is 51.5 Å². The molecule has 2 rings (SSSR count). The lowest BCUT2D eigenvalue weighted by Gasteiger charge is -2.38. The van der Waals surface area contributed by atoms with Gasteiger partial charge < -0.3 is 29.2 Å². The van der Waals surface area contributed by atoms with Crippen molar-refractivity contribution in [1.29, 1.82) is 0 Å². The van der Waals surface area contributed by atoms with E-state index in [-0.39, 0.29) is 5.56 Å². The quantitative estimate of drug-likeness (QED) is 0.650. The number of hydrogen-bond donors (Lipinski definition) is 3. The molecule has 3 N–H and O–H groups in total. The Hall–Kier alpha value is -1.41. The zero-order valence-electron chi connectivity index (χ0n) is 11.4. The Kier molecular flexibility index (Phi) is 4.14. The number of hydrogen-bond acceptors (Lipinski definition) is 7. The Labute approximate surface area is 115 Å². The highest BCUT2D eigenvalue weighted by atomic mass is 16.7. The van der Waals surface area contributed by atoms with Gasteiger partial charge in [0.15, 0.2) is 0 Å². The van der Waals surface area contributed by atoms with E-state index in [2.05, 4.69) is 0 Å². The summed E-state index contributed by atoms with van der Waals surface area (Å²) < 4.78 is 15.4. The largest absolute Gasteiger partial charge is 0.468 e. The fourth-order valence-corrected chi connectivity index (χ4v) is 2.15. The van der Waals surface area contributed by atoms with Crippen molar-refractivity contribution in [3.05, 3.63) is 23.2 Å². The first-order chi connectivity index (χ1) is 9.32. The summed E-state index contributed by atoms with van der Waals surface area (Å²) in [6.45, 7) is 4.81. The first-order valence-electron chi connectivity index (χ1n) is 6.28. The fourth-order valence-electron chi connectivity index (χ4n) is 2.15. The molecule has 2 heterocycles. The van der Waals surface area contributed by atoms with Gasteiger partial charge in [0.05, 0.1) is 12.4 Å². The molecule has 0 aliphatic carbocycles. The topological polar surface area (TPSA) is 109 Å². The van der Waals surface area contributed by atoms with Crippen molar-refractivity contribution < 1.29 is 34.0 Å². The highest BCUT2D eigenvalue weighted by molar-refractivity contribution is 5.92. The molecule has 1 aromatic heterocycles. The first-order valence-corrected chi connectivity index (χ1v) is 6.28. The highest BCUT2D eigenvalue weighted by Gasteiger charge is 2.44. The van der Waals surface area contributed by atoms with Crippen molar-refractivity contribution in [1.82, 2.24) is 0 Å². The summed E-state index contributed by atoms with van der Waals surface area (Å²) in [4.78, 5) is 12.0. The zero-order chi connectivity index (χ0) is 15.0. The average molecular weight is 286 g/mol. The monoisotopic (exact) mass is 286 g/mol. The minimum Gasteiger partial charge on any atom is -0.468 e. The molecule has 0 aromatic carbocycles. The van der Waals surface area contributed by atoms with E-state index in [0.29, 0.717) is 11.3 Å². The molecule has 0 amide bonds. The molecule has 5 atom stereocenters. The number of aliphatic hydroxyl groups excluding tert-OH is 3. The van der Waals surface area contributed by atoms with Gasteiger partial charge in [0.1, 0.15) is 29.6 Å². The third kappa shape index (κ3) is 2.57. The van der Waals surface area contributed by atoms with E-state index in [1.165, 1.54) is 13.2 Å². The summed E-state index contributed by atoms with van der Waals surface area (Å²) in [5, 5.41) is 29.0. The number of ether oxygens (including phenoxy) is 2. The summed E-state index contributed by atoms with van der Waals surface area (Å²) in [5.74, 6) is -0.319. The third-order valence-corrected chi connectivity index (χ3v) is 3.39. The summed E-state index contributed by atoms with van der Waals surface area (Å²) in [5.41, 5.74) is 0.862. The van der Waals surface area contributed by atoms with Crippen LogP contribution in [0.1, 0.15) is 28.6 Å². The van der Waals surface area contributed by atoms with Gasteiger partial charge in [0, 0.05) is 5.56 Å². The van der Waals surface area contributed by atoms with E-state index in [1.807, 2.05) is 0 Å². The van der Waals surface area contributed by atoms with Crippen molar-refractivity contribution in [3.8, 4) is 0 Å². The Bertz CT molecular complexity index is 475. The van der Waals surface area contributed by atoms with Crippen molar-refractivity contribution in [3.63, 3.8) is 0 Å². The second-order valence-corrected chi connectivity index (χ2v) is 4.94. The van der Waals surface area contributed by atoms with Crippen LogP contribution in [0.25, 0.3) is 0 Å². The number of furan rings is 1. The predicted molar refractivity (Wildman–Crippen MR) is 66.0 cm³/mol. The molecule has 112 valence electrons. The molecular formula is C13H18O7. The maximum atomic E-state index is 12.0.